The summed E-state index contributed by atoms with van der Waals surface area (Å²) in [6.07, 6.45) is 1.61. The van der Waals surface area contributed by atoms with Gasteiger partial charge in [-0.1, -0.05) is 62.0 Å². The van der Waals surface area contributed by atoms with E-state index in [4.69, 9.17) is 4.98 Å². The first-order valence-corrected chi connectivity index (χ1v) is 12.9. The van der Waals surface area contributed by atoms with E-state index in [1.807, 2.05) is 56.3 Å². The van der Waals surface area contributed by atoms with Gasteiger partial charge in [-0.15, -0.1) is 5.10 Å². The lowest BCUT2D eigenvalue weighted by Crippen LogP contribution is -2.38. The van der Waals surface area contributed by atoms with Crippen LogP contribution in [0.1, 0.15) is 43.9 Å². The van der Waals surface area contributed by atoms with Crippen molar-refractivity contribution in [2.45, 2.75) is 57.7 Å². The number of anilines is 1. The molecule has 1 aliphatic rings. The van der Waals surface area contributed by atoms with E-state index in [9.17, 15) is 9.59 Å². The summed E-state index contributed by atoms with van der Waals surface area (Å²) in [5.74, 6) is 0.500. The fourth-order valence-electron chi connectivity index (χ4n) is 4.86. The number of benzene rings is 2. The van der Waals surface area contributed by atoms with Gasteiger partial charge in [0.2, 0.25) is 11.7 Å². The van der Waals surface area contributed by atoms with E-state index in [-0.39, 0.29) is 22.6 Å². The largest absolute Gasteiger partial charge is 0.325 e. The molecule has 0 aliphatic heterocycles. The van der Waals surface area contributed by atoms with Crippen LogP contribution in [0.4, 0.5) is 5.69 Å². The maximum Gasteiger partial charge on any atom is 0.265 e. The molecule has 0 unspecified atom stereocenters. The van der Waals surface area contributed by atoms with E-state index in [2.05, 4.69) is 30.3 Å². The predicted molar refractivity (Wildman–Crippen MR) is 140 cm³/mol. The quantitative estimate of drug-likeness (QED) is 0.394. The van der Waals surface area contributed by atoms with Gasteiger partial charge in [-0.3, -0.25) is 9.59 Å². The fraction of sp³-hybridized carbons (Fsp3) is 0.333. The molecule has 2 heterocycles. The number of hydrogen-bond acceptors (Lipinski definition) is 5. The number of nitrogens with one attached hydrogen (secondary N) is 1. The third-order valence-corrected chi connectivity index (χ3v) is 7.79. The summed E-state index contributed by atoms with van der Waals surface area (Å²) in [5.41, 5.74) is 5.13. The zero-order valence-electron chi connectivity index (χ0n) is 20.5. The van der Waals surface area contributed by atoms with Gasteiger partial charge < -0.3 is 5.32 Å². The first-order valence-electron chi connectivity index (χ1n) is 12.0. The van der Waals surface area contributed by atoms with Gasteiger partial charge in [-0.25, -0.2) is 14.1 Å². The monoisotopic (exact) mass is 487 g/mol. The second kappa shape index (κ2) is 9.00. The summed E-state index contributed by atoms with van der Waals surface area (Å²) < 4.78 is 3.33. The van der Waals surface area contributed by atoms with Crippen LogP contribution in [0.2, 0.25) is 0 Å². The molecule has 0 saturated heterocycles. The topological polar surface area (TPSA) is 81.3 Å². The van der Waals surface area contributed by atoms with Crippen molar-refractivity contribution in [3.63, 3.8) is 0 Å². The third-order valence-electron chi connectivity index (χ3n) is 6.86. The Kier molecular flexibility index (Phi) is 6.01. The van der Waals surface area contributed by atoms with E-state index in [1.165, 1.54) is 17.3 Å². The standard InChI is InChI=1S/C27H29N5O2S/c1-5-27(4)15-18-11-7-8-13-20(18)23-22(27)24(34)32-25(29-23)31(6-2)30-26(32)35-16-21(33)28-19-12-9-10-17(3)14-19/h7-14H,5-6,15-16H2,1-4H3,(H,28,33)/t27-/m0/s1. The lowest BCUT2D eigenvalue weighted by atomic mass is 9.69. The molecule has 4 aromatic rings. The van der Waals surface area contributed by atoms with E-state index in [1.54, 1.807) is 9.08 Å². The molecule has 1 N–H and O–H groups in total. The highest BCUT2D eigenvalue weighted by Crippen LogP contribution is 2.42. The number of amides is 1. The molecular weight excluding hydrogens is 458 g/mol. The fourth-order valence-corrected chi connectivity index (χ4v) is 5.64. The van der Waals surface area contributed by atoms with Gasteiger partial charge in [0.15, 0.2) is 5.16 Å². The SMILES string of the molecule is CCn1nc(SCC(=O)Nc2cccc(C)c2)n2c(=O)c3c(nc12)-c1ccccc1C[C@]3(C)CC. The zero-order chi connectivity index (χ0) is 24.7. The van der Waals surface area contributed by atoms with Crippen LogP contribution in [-0.4, -0.2) is 30.8 Å². The lowest BCUT2D eigenvalue weighted by molar-refractivity contribution is -0.113. The number of nitrogens with zero attached hydrogens (tertiary/aromatic N) is 4. The summed E-state index contributed by atoms with van der Waals surface area (Å²) in [7, 11) is 0. The number of aromatic nitrogens is 4. The molecule has 180 valence electrons. The van der Waals surface area contributed by atoms with Crippen LogP contribution in [0, 0.1) is 6.92 Å². The van der Waals surface area contributed by atoms with Crippen LogP contribution >= 0.6 is 11.8 Å². The number of carbonyl (C=O) groups is 1. The van der Waals surface area contributed by atoms with Crippen LogP contribution in [0.25, 0.3) is 17.0 Å². The molecule has 2 aromatic carbocycles. The van der Waals surface area contributed by atoms with Crippen molar-refractivity contribution in [2.24, 2.45) is 0 Å². The molecular formula is C27H29N5O2S. The Bertz CT molecular complexity index is 1510. The molecule has 2 aromatic heterocycles. The first-order chi connectivity index (χ1) is 16.8. The van der Waals surface area contributed by atoms with Crippen molar-refractivity contribution >= 4 is 29.1 Å². The van der Waals surface area contributed by atoms with E-state index in [0.29, 0.717) is 17.5 Å². The highest BCUT2D eigenvalue weighted by molar-refractivity contribution is 7.99. The molecule has 1 aliphatic carbocycles. The molecule has 0 bridgehead atoms. The minimum absolute atomic E-state index is 0.0925. The molecule has 8 heteroatoms. The minimum atomic E-state index is -0.326. The van der Waals surface area contributed by atoms with E-state index < -0.39 is 0 Å². The summed E-state index contributed by atoms with van der Waals surface area (Å²) in [4.78, 5) is 31.7. The van der Waals surface area contributed by atoms with Gasteiger partial charge in [0.25, 0.3) is 5.56 Å². The van der Waals surface area contributed by atoms with Crippen LogP contribution in [0.15, 0.2) is 58.5 Å². The zero-order valence-corrected chi connectivity index (χ0v) is 21.3. The Morgan fingerprint density at radius 3 is 2.71 bits per heavy atom. The van der Waals surface area contributed by atoms with Crippen molar-refractivity contribution in [3.05, 3.63) is 75.6 Å². The van der Waals surface area contributed by atoms with Crippen molar-refractivity contribution in [1.29, 1.82) is 0 Å². The summed E-state index contributed by atoms with van der Waals surface area (Å²) in [6.45, 7) is 8.78. The number of carbonyl (C=O) groups excluding carboxylic acids is 1. The predicted octanol–water partition coefficient (Wildman–Crippen LogP) is 4.84. The maximum absolute atomic E-state index is 14.0. The van der Waals surface area contributed by atoms with Gasteiger partial charge in [0, 0.05) is 23.2 Å². The van der Waals surface area contributed by atoms with Crippen molar-refractivity contribution in [3.8, 4) is 11.3 Å². The van der Waals surface area contributed by atoms with Crippen molar-refractivity contribution in [2.75, 3.05) is 11.1 Å². The minimum Gasteiger partial charge on any atom is -0.325 e. The van der Waals surface area contributed by atoms with Gasteiger partial charge in [0.05, 0.1) is 17.0 Å². The molecule has 5 rings (SSSR count). The number of rotatable bonds is 6. The summed E-state index contributed by atoms with van der Waals surface area (Å²) in [6, 6.07) is 15.9. The second-order valence-corrected chi connectivity index (χ2v) is 10.3. The average Bonchev–Trinajstić information content (AvgIpc) is 3.21. The second-order valence-electron chi connectivity index (χ2n) is 9.33. The van der Waals surface area contributed by atoms with E-state index in [0.717, 1.165) is 40.9 Å². The van der Waals surface area contributed by atoms with E-state index >= 15 is 0 Å². The molecule has 0 spiro atoms. The summed E-state index contributed by atoms with van der Waals surface area (Å²) >= 11 is 1.25. The smallest absolute Gasteiger partial charge is 0.265 e. The molecule has 7 nitrogen and oxygen atoms in total. The number of thioether (sulfide) groups is 1. The Morgan fingerprint density at radius 2 is 1.97 bits per heavy atom. The Balaban J connectivity index is 1.57. The molecule has 0 radical (unpaired) electrons. The number of aryl methyl sites for hydroxylation is 2. The highest BCUT2D eigenvalue weighted by atomic mass is 32.2. The van der Waals surface area contributed by atoms with Crippen LogP contribution in [0.3, 0.4) is 0 Å². The Hall–Kier alpha value is -3.39. The molecule has 0 fully saturated rings. The molecule has 1 amide bonds. The Morgan fingerprint density at radius 1 is 1.17 bits per heavy atom. The number of hydrogen-bond donors (Lipinski definition) is 1. The third kappa shape index (κ3) is 4.05. The maximum atomic E-state index is 14.0. The molecule has 1 atom stereocenters. The molecule has 35 heavy (non-hydrogen) atoms. The van der Waals surface area contributed by atoms with Crippen LogP contribution < -0.4 is 10.9 Å². The summed E-state index contributed by atoms with van der Waals surface area (Å²) in [5, 5.41) is 8.07. The molecule has 0 saturated carbocycles. The van der Waals surface area contributed by atoms with Crippen LogP contribution in [-0.2, 0) is 23.2 Å². The van der Waals surface area contributed by atoms with Gasteiger partial charge in [0.1, 0.15) is 0 Å². The Labute approximate surface area is 208 Å². The van der Waals surface area contributed by atoms with Crippen molar-refractivity contribution in [1.82, 2.24) is 19.2 Å². The van der Waals surface area contributed by atoms with Crippen molar-refractivity contribution < 1.29 is 4.79 Å². The average molecular weight is 488 g/mol. The number of fused-ring (bicyclic) bond motifs is 4. The first kappa shape index (κ1) is 23.4. The lowest BCUT2D eigenvalue weighted by Gasteiger charge is -2.35. The highest BCUT2D eigenvalue weighted by Gasteiger charge is 2.38. The van der Waals surface area contributed by atoms with Gasteiger partial charge >= 0.3 is 0 Å². The van der Waals surface area contributed by atoms with Gasteiger partial charge in [-0.05, 0) is 49.9 Å². The normalized spacial score (nSPS) is 16.7. The van der Waals surface area contributed by atoms with Gasteiger partial charge in [-0.2, -0.15) is 0 Å². The van der Waals surface area contributed by atoms with Crippen LogP contribution in [0.5, 0.6) is 0 Å².